The summed E-state index contributed by atoms with van der Waals surface area (Å²) in [5.74, 6) is -8.40. The number of cyclic esters (lactones) is 1. The maximum Gasteiger partial charge on any atom is 0.475 e. The lowest BCUT2D eigenvalue weighted by Gasteiger charge is -2.42. The molecule has 1 amide bonds. The van der Waals surface area contributed by atoms with E-state index in [0.29, 0.717) is 69.8 Å². The molecule has 18 heteroatoms. The molecule has 3 fully saturated rings. The van der Waals surface area contributed by atoms with Gasteiger partial charge in [-0.1, -0.05) is 71.1 Å². The second-order valence-corrected chi connectivity index (χ2v) is 22.6. The van der Waals surface area contributed by atoms with Gasteiger partial charge in [0, 0.05) is 58.5 Å². The Bertz CT molecular complexity index is 2010. The Morgan fingerprint density at radius 2 is 1.53 bits per heavy atom. The van der Waals surface area contributed by atoms with E-state index in [1.807, 2.05) is 51.2 Å². The number of ether oxygens (including phenoxy) is 5. The zero-order valence-electron chi connectivity index (χ0n) is 45.7. The molecule has 1 saturated carbocycles. The second-order valence-electron chi connectivity index (χ2n) is 20.9. The lowest BCUT2D eigenvalue weighted by Crippen LogP contribution is -2.61. The third kappa shape index (κ3) is 17.1. The van der Waals surface area contributed by atoms with Gasteiger partial charge in [0.2, 0.25) is 5.79 Å². The van der Waals surface area contributed by atoms with E-state index in [2.05, 4.69) is 0 Å². The van der Waals surface area contributed by atoms with Gasteiger partial charge in [0.25, 0.3) is 11.7 Å². The number of rotatable bonds is 12. The normalized spacial score (nSPS) is 37.5. The minimum Gasteiger partial charge on any atom is -0.460 e. The van der Waals surface area contributed by atoms with E-state index in [-0.39, 0.29) is 56.0 Å². The lowest BCUT2D eigenvalue weighted by molar-refractivity contribution is -0.265. The van der Waals surface area contributed by atoms with Crippen LogP contribution in [0.5, 0.6) is 0 Å². The molecular weight excluding hydrogens is 962 g/mol. The zero-order valence-corrected chi connectivity index (χ0v) is 46.6. The third-order valence-corrected chi connectivity index (χ3v) is 17.0. The monoisotopic (exact) mass is 1050 g/mol. The van der Waals surface area contributed by atoms with Gasteiger partial charge in [-0.25, -0.2) is 9.36 Å². The number of aliphatic hydroxyl groups is 2. The summed E-state index contributed by atoms with van der Waals surface area (Å²) in [5, 5.41) is 23.5. The molecule has 1 aliphatic carbocycles. The van der Waals surface area contributed by atoms with Crippen molar-refractivity contribution in [3.63, 3.8) is 0 Å². The molecule has 4 rings (SSSR count). The van der Waals surface area contributed by atoms with E-state index in [0.717, 1.165) is 5.57 Å². The number of hydrogen-bond donors (Lipinski definition) is 2. The van der Waals surface area contributed by atoms with Crippen molar-refractivity contribution in [2.45, 2.75) is 194 Å². The molecule has 0 aromatic rings. The molecular formula is C55H88NO16P. The first kappa shape index (κ1) is 62.3. The molecule has 2 bridgehead atoms. The number of methoxy groups -OCH3 is 3. The van der Waals surface area contributed by atoms with Gasteiger partial charge in [0.05, 0.1) is 37.6 Å². The lowest BCUT2D eigenvalue weighted by atomic mass is 9.78. The fourth-order valence-corrected chi connectivity index (χ4v) is 12.2. The minimum absolute atomic E-state index is 0.00167. The average molecular weight is 1050 g/mol. The molecule has 1 unspecified atom stereocenters. The summed E-state index contributed by atoms with van der Waals surface area (Å²) in [4.78, 5) is 72.5. The number of Topliss-reactive ketones (excluding diaryl/α,β-unsaturated/α-hetero) is 3. The van der Waals surface area contributed by atoms with Gasteiger partial charge >= 0.3 is 13.8 Å². The first-order chi connectivity index (χ1) is 34.6. The number of phosphoric acid groups is 1. The van der Waals surface area contributed by atoms with E-state index < -0.39 is 104 Å². The van der Waals surface area contributed by atoms with Gasteiger partial charge < -0.3 is 38.8 Å². The summed E-state index contributed by atoms with van der Waals surface area (Å²) in [6.45, 7) is 16.3. The van der Waals surface area contributed by atoms with Crippen molar-refractivity contribution >= 4 is 37.0 Å². The Morgan fingerprint density at radius 3 is 2.18 bits per heavy atom. The number of piperidine rings is 1. The summed E-state index contributed by atoms with van der Waals surface area (Å²) in [6.07, 6.45) is 10.3. The fourth-order valence-electron chi connectivity index (χ4n) is 10.8. The van der Waals surface area contributed by atoms with Crippen molar-refractivity contribution in [2.75, 3.05) is 41.1 Å². The number of phosphoric ester groups is 1. The van der Waals surface area contributed by atoms with Crippen LogP contribution in [0.25, 0.3) is 0 Å². The van der Waals surface area contributed by atoms with Crippen LogP contribution >= 0.6 is 7.82 Å². The maximum atomic E-state index is 14.6. The Labute approximate surface area is 434 Å². The maximum absolute atomic E-state index is 14.6. The fraction of sp³-hybridized carbons (Fsp3) is 0.764. The van der Waals surface area contributed by atoms with Crippen LogP contribution in [0.15, 0.2) is 47.6 Å². The molecule has 2 N–H and O–H groups in total. The average Bonchev–Trinajstić information content (AvgIpc) is 3.35. The second kappa shape index (κ2) is 29.3. The number of fused-ring (bicyclic) bond motifs is 3. The van der Waals surface area contributed by atoms with E-state index >= 15 is 0 Å². The van der Waals surface area contributed by atoms with Crippen molar-refractivity contribution in [1.82, 2.24) is 4.90 Å². The van der Waals surface area contributed by atoms with Crippen LogP contribution in [0.2, 0.25) is 0 Å². The Balaban J connectivity index is 1.70. The molecule has 4 aliphatic rings. The minimum atomic E-state index is -3.84. The van der Waals surface area contributed by atoms with Crippen molar-refractivity contribution in [3.05, 3.63) is 47.6 Å². The van der Waals surface area contributed by atoms with Crippen molar-refractivity contribution in [2.24, 2.45) is 35.5 Å². The molecule has 3 aliphatic heterocycles. The molecule has 0 radical (unpaired) electrons. The van der Waals surface area contributed by atoms with E-state index in [9.17, 15) is 38.8 Å². The number of nitrogens with zero attached hydrogens (tertiary/aromatic N) is 1. The summed E-state index contributed by atoms with van der Waals surface area (Å²) < 4.78 is 59.9. The van der Waals surface area contributed by atoms with Crippen LogP contribution in [-0.2, 0) is 65.8 Å². The molecule has 0 aromatic carbocycles. The number of carbonyl (C=O) groups excluding carboxylic acids is 5. The van der Waals surface area contributed by atoms with Crippen molar-refractivity contribution < 1.29 is 76.0 Å². The van der Waals surface area contributed by atoms with Gasteiger partial charge in [-0.05, 0) is 121 Å². The highest BCUT2D eigenvalue weighted by Gasteiger charge is 2.53. The van der Waals surface area contributed by atoms with Crippen LogP contribution in [0.1, 0.15) is 139 Å². The topological polar surface area (TPSA) is 220 Å². The van der Waals surface area contributed by atoms with Crippen LogP contribution in [-0.4, -0.2) is 140 Å². The van der Waals surface area contributed by atoms with Gasteiger partial charge in [-0.3, -0.25) is 32.7 Å². The number of aliphatic hydroxyl groups excluding tert-OH is 1. The highest BCUT2D eigenvalue weighted by atomic mass is 31.2. The van der Waals surface area contributed by atoms with Crippen molar-refractivity contribution in [1.29, 1.82) is 0 Å². The predicted octanol–water partition coefficient (Wildman–Crippen LogP) is 8.39. The predicted molar refractivity (Wildman–Crippen MR) is 275 cm³/mol. The quantitative estimate of drug-likeness (QED) is 0.0811. The number of amides is 1. The van der Waals surface area contributed by atoms with E-state index in [1.54, 1.807) is 61.8 Å². The number of esters is 1. The number of allylic oxidation sites excluding steroid dienone is 6. The van der Waals surface area contributed by atoms with Gasteiger partial charge in [-0.2, -0.15) is 0 Å². The van der Waals surface area contributed by atoms with Crippen LogP contribution < -0.4 is 0 Å². The van der Waals surface area contributed by atoms with Gasteiger partial charge in [0.15, 0.2) is 5.78 Å². The Morgan fingerprint density at radius 1 is 0.836 bits per heavy atom. The highest BCUT2D eigenvalue weighted by Crippen LogP contribution is 2.53. The Hall–Kier alpha value is -3.22. The van der Waals surface area contributed by atoms with Crippen molar-refractivity contribution in [3.8, 4) is 0 Å². The van der Waals surface area contributed by atoms with E-state index in [4.69, 9.17) is 37.3 Å². The first-order valence-corrected chi connectivity index (χ1v) is 28.1. The van der Waals surface area contributed by atoms with Crippen LogP contribution in [0, 0.1) is 35.5 Å². The standard InChI is InChI=1S/C55H88NO16P/c1-13-68-73(64,69-14-2)72-45-26-24-41(31-48(45)66-11)30-37(6)47-33-44(57)36(5)29-39(8)50(59)51(67-12)49(58)38(7)28-34(3)20-16-15-17-21-35(4)46(65-10)32-42-25-23-40(9)55(63,71-42)52(60)53(61)56-27-19-18-22-43(56)54(62)70-47/h15-17,20-21,29,34,36-38,40-43,45-48,50-51,59,63H,13-14,18-19,22-28,30-33H2,1-12H3/b17-15+,20-16+,35-21+,39-29+/t34-,36-,37-,38-,40-,41+,42+,43?,45-,46+,47+,48-,50-,51+,55-/m1/s1. The number of ketones is 3. The highest BCUT2D eigenvalue weighted by molar-refractivity contribution is 7.48. The van der Waals surface area contributed by atoms with Gasteiger partial charge in [-0.15, -0.1) is 0 Å². The number of hydrogen-bond acceptors (Lipinski definition) is 16. The zero-order chi connectivity index (χ0) is 54.2. The van der Waals surface area contributed by atoms with Gasteiger partial charge in [0.1, 0.15) is 30.1 Å². The molecule has 414 valence electrons. The van der Waals surface area contributed by atoms with Crippen LogP contribution in [0.3, 0.4) is 0 Å². The number of carbonyl (C=O) groups is 5. The molecule has 0 aromatic heterocycles. The third-order valence-electron chi connectivity index (χ3n) is 15.3. The molecule has 3 heterocycles. The van der Waals surface area contributed by atoms with E-state index in [1.165, 1.54) is 12.0 Å². The molecule has 2 saturated heterocycles. The SMILES string of the molecule is CCOP(=O)(OCC)O[C@@H]1CC[C@@H](C[C@@H](C)[C@@H]2CC(=O)[C@H](C)/C=C(\C)[C@@H](O)[C@@H](OC)C(=O)[C@H](C)C[C@H](C)/C=C/C=C/C=C(\C)[C@@H](OC)C[C@@H]3CC[C@@H](C)[C@@](O)(O3)C(=O)C(=O)N3CCCCC3C(=O)O2)C[C@H]1OC. The summed E-state index contributed by atoms with van der Waals surface area (Å²) in [6, 6.07) is -1.18. The molecule has 17 nitrogen and oxygen atoms in total. The first-order valence-electron chi connectivity index (χ1n) is 26.6. The molecule has 0 spiro atoms. The van der Waals surface area contributed by atoms with Crippen LogP contribution in [0.4, 0.5) is 0 Å². The summed E-state index contributed by atoms with van der Waals surface area (Å²) in [5.41, 5.74) is 1.23. The largest absolute Gasteiger partial charge is 0.475 e. The molecule has 15 atom stereocenters. The summed E-state index contributed by atoms with van der Waals surface area (Å²) >= 11 is 0. The Kier molecular flexibility index (Phi) is 25.0. The molecule has 73 heavy (non-hydrogen) atoms. The summed E-state index contributed by atoms with van der Waals surface area (Å²) in [7, 11) is 0.650. The smallest absolute Gasteiger partial charge is 0.460 e.